The van der Waals surface area contributed by atoms with E-state index in [9.17, 15) is 4.21 Å². The average Bonchev–Trinajstić information content (AvgIpc) is 2.01. The van der Waals surface area contributed by atoms with Gasteiger partial charge in [0, 0.05) is 20.8 Å². The Kier molecular flexibility index (Phi) is 5.54. The first-order valence-corrected chi connectivity index (χ1v) is 6.12. The molecule has 0 heterocycles. The van der Waals surface area contributed by atoms with Crippen molar-refractivity contribution in [3.8, 4) is 0 Å². The lowest BCUT2D eigenvalue weighted by Gasteiger charge is -2.22. The van der Waals surface area contributed by atoms with Crippen LogP contribution in [0.4, 0.5) is 0 Å². The average molecular weight is 202 g/mol. The lowest BCUT2D eigenvalue weighted by Crippen LogP contribution is -2.29. The molecule has 2 atom stereocenters. The Hall–Kier alpha value is -0.110. The molecular weight excluding hydrogens is 180 g/mol. The Labute approximate surface area is 85.1 Å². The fourth-order valence-corrected chi connectivity index (χ4v) is 2.85. The predicted molar refractivity (Wildman–Crippen MR) is 61.4 cm³/mol. The molecule has 0 rings (SSSR count). The van der Waals surface area contributed by atoms with Gasteiger partial charge in [-0.2, -0.15) is 0 Å². The van der Waals surface area contributed by atoms with Crippen molar-refractivity contribution >= 4 is 10.8 Å². The molecule has 0 aliphatic rings. The summed E-state index contributed by atoms with van der Waals surface area (Å²) in [5.41, 5.74) is 0. The van der Waals surface area contributed by atoms with E-state index >= 15 is 0 Å². The normalized spacial score (nSPS) is 16.6. The number of hydrogen-bond acceptors (Lipinski definition) is 1. The summed E-state index contributed by atoms with van der Waals surface area (Å²) in [5, 5.41) is 0.306. The summed E-state index contributed by atoms with van der Waals surface area (Å²) in [5.74, 6) is 0. The minimum Gasteiger partial charge on any atom is -0.259 e. The molecule has 2 unspecified atom stereocenters. The minimum atomic E-state index is -0.720. The second-order valence-electron chi connectivity index (χ2n) is 4.44. The molecule has 0 spiro atoms. The number of allylic oxidation sites excluding steroid dienone is 1. The van der Waals surface area contributed by atoms with Crippen LogP contribution in [0.3, 0.4) is 0 Å². The van der Waals surface area contributed by atoms with Crippen molar-refractivity contribution < 1.29 is 4.21 Å². The summed E-state index contributed by atoms with van der Waals surface area (Å²) in [6.07, 6.45) is 5.10. The van der Waals surface area contributed by atoms with Gasteiger partial charge in [-0.1, -0.05) is 13.0 Å². The van der Waals surface area contributed by atoms with E-state index in [-0.39, 0.29) is 4.75 Å². The van der Waals surface area contributed by atoms with Crippen LogP contribution in [0.15, 0.2) is 12.7 Å². The molecule has 0 aliphatic heterocycles. The van der Waals surface area contributed by atoms with Crippen LogP contribution < -0.4 is 0 Å². The standard InChI is InChI=1S/C11H22OS/c1-6-7-8-9-10(2)13(12)11(3,4)5/h6,10H,1,7-9H2,2-5H3. The Morgan fingerprint density at radius 1 is 1.46 bits per heavy atom. The van der Waals surface area contributed by atoms with E-state index in [2.05, 4.69) is 13.5 Å². The quantitative estimate of drug-likeness (QED) is 0.494. The summed E-state index contributed by atoms with van der Waals surface area (Å²) in [6, 6.07) is 0. The Balaban J connectivity index is 3.90. The van der Waals surface area contributed by atoms with E-state index < -0.39 is 10.8 Å². The lowest BCUT2D eigenvalue weighted by molar-refractivity contribution is 0.622. The molecule has 0 saturated heterocycles. The van der Waals surface area contributed by atoms with E-state index in [1.54, 1.807) is 0 Å². The molecule has 0 N–H and O–H groups in total. The van der Waals surface area contributed by atoms with Crippen LogP contribution in [0, 0.1) is 0 Å². The summed E-state index contributed by atoms with van der Waals surface area (Å²) in [4.78, 5) is 0. The number of unbranched alkanes of at least 4 members (excludes halogenated alkanes) is 1. The van der Waals surface area contributed by atoms with Gasteiger partial charge in [-0.05, 0) is 40.0 Å². The smallest absolute Gasteiger partial charge is 0.0377 e. The van der Waals surface area contributed by atoms with Crippen molar-refractivity contribution in [2.24, 2.45) is 0 Å². The van der Waals surface area contributed by atoms with E-state index in [1.165, 1.54) is 0 Å². The van der Waals surface area contributed by atoms with Crippen molar-refractivity contribution in [2.75, 3.05) is 0 Å². The molecule has 0 fully saturated rings. The Morgan fingerprint density at radius 2 is 2.00 bits per heavy atom. The fourth-order valence-electron chi connectivity index (χ4n) is 1.26. The molecule has 0 aromatic carbocycles. The third kappa shape index (κ3) is 5.25. The highest BCUT2D eigenvalue weighted by molar-refractivity contribution is 7.87. The molecule has 0 saturated carbocycles. The van der Waals surface area contributed by atoms with E-state index in [1.807, 2.05) is 26.8 Å². The van der Waals surface area contributed by atoms with Gasteiger partial charge in [0.15, 0.2) is 0 Å². The zero-order valence-electron chi connectivity index (χ0n) is 9.30. The van der Waals surface area contributed by atoms with Crippen LogP contribution in [-0.4, -0.2) is 14.2 Å². The molecule has 0 bridgehead atoms. The molecule has 13 heavy (non-hydrogen) atoms. The van der Waals surface area contributed by atoms with E-state index in [0.29, 0.717) is 5.25 Å². The number of rotatable bonds is 5. The van der Waals surface area contributed by atoms with Gasteiger partial charge in [-0.25, -0.2) is 0 Å². The van der Waals surface area contributed by atoms with Gasteiger partial charge < -0.3 is 0 Å². The van der Waals surface area contributed by atoms with Gasteiger partial charge in [0.1, 0.15) is 0 Å². The third-order valence-corrected chi connectivity index (χ3v) is 4.16. The Bertz CT molecular complexity index is 179. The van der Waals surface area contributed by atoms with Crippen molar-refractivity contribution in [1.82, 2.24) is 0 Å². The maximum absolute atomic E-state index is 11.8. The van der Waals surface area contributed by atoms with Gasteiger partial charge in [0.25, 0.3) is 0 Å². The highest BCUT2D eigenvalue weighted by atomic mass is 32.2. The molecule has 78 valence electrons. The van der Waals surface area contributed by atoms with Gasteiger partial charge in [0.05, 0.1) is 0 Å². The molecule has 1 nitrogen and oxygen atoms in total. The van der Waals surface area contributed by atoms with Gasteiger partial charge >= 0.3 is 0 Å². The molecule has 0 aromatic rings. The summed E-state index contributed by atoms with van der Waals surface area (Å²) in [7, 11) is -0.720. The van der Waals surface area contributed by atoms with Crippen LogP contribution in [0.1, 0.15) is 47.0 Å². The summed E-state index contributed by atoms with van der Waals surface area (Å²) in [6.45, 7) is 11.9. The molecule has 0 aliphatic carbocycles. The van der Waals surface area contributed by atoms with Gasteiger partial charge in [-0.3, -0.25) is 4.21 Å². The SMILES string of the molecule is C=CCCCC(C)S(=O)C(C)(C)C. The minimum absolute atomic E-state index is 0.0758. The molecule has 0 radical (unpaired) electrons. The zero-order valence-corrected chi connectivity index (χ0v) is 10.1. The van der Waals surface area contributed by atoms with Crippen LogP contribution >= 0.6 is 0 Å². The Morgan fingerprint density at radius 3 is 2.38 bits per heavy atom. The molecular formula is C11H22OS. The maximum Gasteiger partial charge on any atom is 0.0377 e. The zero-order chi connectivity index (χ0) is 10.5. The van der Waals surface area contributed by atoms with E-state index in [4.69, 9.17) is 0 Å². The molecule has 2 heteroatoms. The van der Waals surface area contributed by atoms with Gasteiger partial charge in [-0.15, -0.1) is 6.58 Å². The lowest BCUT2D eigenvalue weighted by atomic mass is 10.2. The summed E-state index contributed by atoms with van der Waals surface area (Å²) >= 11 is 0. The van der Waals surface area contributed by atoms with Crippen molar-refractivity contribution in [2.45, 2.75) is 57.0 Å². The van der Waals surface area contributed by atoms with E-state index in [0.717, 1.165) is 19.3 Å². The summed E-state index contributed by atoms with van der Waals surface area (Å²) < 4.78 is 11.8. The highest BCUT2D eigenvalue weighted by Crippen LogP contribution is 2.19. The van der Waals surface area contributed by atoms with Gasteiger partial charge in [0.2, 0.25) is 0 Å². The predicted octanol–water partition coefficient (Wildman–Crippen LogP) is 3.28. The second kappa shape index (κ2) is 5.58. The third-order valence-electron chi connectivity index (χ3n) is 1.99. The van der Waals surface area contributed by atoms with Crippen LogP contribution in [0.5, 0.6) is 0 Å². The first kappa shape index (κ1) is 12.9. The first-order chi connectivity index (χ1) is 5.89. The van der Waals surface area contributed by atoms with Crippen molar-refractivity contribution in [3.63, 3.8) is 0 Å². The molecule has 0 amide bonds. The largest absolute Gasteiger partial charge is 0.259 e. The second-order valence-corrected chi connectivity index (χ2v) is 7.06. The van der Waals surface area contributed by atoms with Crippen LogP contribution in [0.2, 0.25) is 0 Å². The van der Waals surface area contributed by atoms with Crippen LogP contribution in [-0.2, 0) is 10.8 Å². The topological polar surface area (TPSA) is 17.1 Å². The monoisotopic (exact) mass is 202 g/mol. The van der Waals surface area contributed by atoms with Crippen molar-refractivity contribution in [1.29, 1.82) is 0 Å². The molecule has 0 aromatic heterocycles. The fraction of sp³-hybridized carbons (Fsp3) is 0.818. The first-order valence-electron chi connectivity index (χ1n) is 4.91. The highest BCUT2D eigenvalue weighted by Gasteiger charge is 2.24. The maximum atomic E-state index is 11.8. The van der Waals surface area contributed by atoms with Crippen LogP contribution in [0.25, 0.3) is 0 Å². The number of hydrogen-bond donors (Lipinski definition) is 0. The van der Waals surface area contributed by atoms with Crippen molar-refractivity contribution in [3.05, 3.63) is 12.7 Å².